The number of carbonyl (C=O) groups excluding carboxylic acids is 1. The van der Waals surface area contributed by atoms with Crippen molar-refractivity contribution in [2.75, 3.05) is 33.7 Å². The molecule has 1 atom stereocenters. The summed E-state index contributed by atoms with van der Waals surface area (Å²) in [7, 11) is 3.70. The van der Waals surface area contributed by atoms with E-state index in [0.29, 0.717) is 11.3 Å². The van der Waals surface area contributed by atoms with Crippen molar-refractivity contribution in [3.63, 3.8) is 0 Å². The number of likely N-dealkylation sites (tertiary alicyclic amines) is 1. The van der Waals surface area contributed by atoms with Crippen LogP contribution in [-0.2, 0) is 4.79 Å². The molecule has 0 radical (unpaired) electrons. The first-order valence-corrected chi connectivity index (χ1v) is 6.23. The fraction of sp³-hybridized carbons (Fsp3) is 0.923. The lowest BCUT2D eigenvalue weighted by Gasteiger charge is -2.36. The molecule has 0 saturated carbocycles. The summed E-state index contributed by atoms with van der Waals surface area (Å²) in [5, 5.41) is 0. The molecule has 1 rings (SSSR count). The van der Waals surface area contributed by atoms with Crippen LogP contribution in [0, 0.1) is 11.3 Å². The summed E-state index contributed by atoms with van der Waals surface area (Å²) in [5.41, 5.74) is 0.322. The van der Waals surface area contributed by atoms with Gasteiger partial charge in [-0.05, 0) is 24.8 Å². The molecule has 0 spiro atoms. The van der Waals surface area contributed by atoms with E-state index in [1.54, 1.807) is 4.90 Å². The molecule has 1 aliphatic rings. The highest BCUT2D eigenvalue weighted by molar-refractivity contribution is 5.78. The van der Waals surface area contributed by atoms with E-state index in [-0.39, 0.29) is 5.92 Å². The summed E-state index contributed by atoms with van der Waals surface area (Å²) in [5.74, 6) is 0.504. The molecule has 0 N–H and O–H groups in total. The van der Waals surface area contributed by atoms with E-state index in [2.05, 4.69) is 25.7 Å². The second-order valence-electron chi connectivity index (χ2n) is 6.37. The van der Waals surface area contributed by atoms with Crippen molar-refractivity contribution in [1.29, 1.82) is 0 Å². The van der Waals surface area contributed by atoms with Crippen LogP contribution in [0.4, 0.5) is 0 Å². The zero-order chi connectivity index (χ0) is 12.3. The van der Waals surface area contributed by atoms with Crippen molar-refractivity contribution in [2.24, 2.45) is 11.3 Å². The molecule has 16 heavy (non-hydrogen) atoms. The standard InChI is InChI=1S/C13H26N2O/c1-13(2,3)10-15-8-6-7-11(9-15)12(16)14(4)5/h11H,6-10H2,1-5H3/t11-/m0/s1. The van der Waals surface area contributed by atoms with E-state index in [0.717, 1.165) is 32.5 Å². The predicted molar refractivity (Wildman–Crippen MR) is 67.3 cm³/mol. The maximum absolute atomic E-state index is 11.9. The van der Waals surface area contributed by atoms with Gasteiger partial charge in [-0.15, -0.1) is 0 Å². The molecule has 0 aliphatic carbocycles. The highest BCUT2D eigenvalue weighted by atomic mass is 16.2. The summed E-state index contributed by atoms with van der Waals surface area (Å²) in [6, 6.07) is 0. The van der Waals surface area contributed by atoms with Crippen LogP contribution in [-0.4, -0.2) is 49.4 Å². The summed E-state index contributed by atoms with van der Waals surface area (Å²) < 4.78 is 0. The minimum absolute atomic E-state index is 0.214. The molecule has 0 aromatic carbocycles. The summed E-state index contributed by atoms with van der Waals surface area (Å²) in [6.45, 7) is 9.94. The molecule has 0 unspecified atom stereocenters. The average molecular weight is 226 g/mol. The molecule has 94 valence electrons. The van der Waals surface area contributed by atoms with Gasteiger partial charge in [0.2, 0.25) is 5.91 Å². The Hall–Kier alpha value is -0.570. The van der Waals surface area contributed by atoms with E-state index < -0.39 is 0 Å². The lowest BCUT2D eigenvalue weighted by atomic mass is 9.91. The smallest absolute Gasteiger partial charge is 0.226 e. The van der Waals surface area contributed by atoms with Crippen LogP contribution in [0.3, 0.4) is 0 Å². The second kappa shape index (κ2) is 5.17. The molecule has 0 aromatic heterocycles. The first-order valence-electron chi connectivity index (χ1n) is 6.23. The molecular weight excluding hydrogens is 200 g/mol. The maximum Gasteiger partial charge on any atom is 0.226 e. The number of hydrogen-bond acceptors (Lipinski definition) is 2. The summed E-state index contributed by atoms with van der Waals surface area (Å²) in [6.07, 6.45) is 2.21. The van der Waals surface area contributed by atoms with Crippen molar-refractivity contribution in [3.8, 4) is 0 Å². The fourth-order valence-corrected chi connectivity index (χ4v) is 2.44. The van der Waals surface area contributed by atoms with Gasteiger partial charge in [-0.25, -0.2) is 0 Å². The molecule has 1 saturated heterocycles. The van der Waals surface area contributed by atoms with Crippen molar-refractivity contribution in [1.82, 2.24) is 9.80 Å². The van der Waals surface area contributed by atoms with Crippen LogP contribution in [0.15, 0.2) is 0 Å². The highest BCUT2D eigenvalue weighted by Crippen LogP contribution is 2.22. The van der Waals surface area contributed by atoms with E-state index >= 15 is 0 Å². The number of hydrogen-bond donors (Lipinski definition) is 0. The minimum atomic E-state index is 0.214. The Labute approximate surface area is 99.8 Å². The van der Waals surface area contributed by atoms with Crippen LogP contribution in [0.2, 0.25) is 0 Å². The predicted octanol–water partition coefficient (Wildman–Crippen LogP) is 1.83. The molecule has 1 heterocycles. The minimum Gasteiger partial charge on any atom is -0.349 e. The zero-order valence-electron chi connectivity index (χ0n) is 11.4. The van der Waals surface area contributed by atoms with Crippen molar-refractivity contribution in [3.05, 3.63) is 0 Å². The fourth-order valence-electron chi connectivity index (χ4n) is 2.44. The summed E-state index contributed by atoms with van der Waals surface area (Å²) >= 11 is 0. The van der Waals surface area contributed by atoms with Crippen LogP contribution < -0.4 is 0 Å². The SMILES string of the molecule is CN(C)C(=O)[C@H]1CCCN(CC(C)(C)C)C1. The Morgan fingerprint density at radius 1 is 1.38 bits per heavy atom. The molecule has 1 fully saturated rings. The Balaban J connectivity index is 2.50. The lowest BCUT2D eigenvalue weighted by Crippen LogP contribution is -2.45. The Bertz CT molecular complexity index is 243. The van der Waals surface area contributed by atoms with Gasteiger partial charge in [0.05, 0.1) is 5.92 Å². The topological polar surface area (TPSA) is 23.6 Å². The van der Waals surface area contributed by atoms with Gasteiger partial charge in [0.1, 0.15) is 0 Å². The van der Waals surface area contributed by atoms with E-state index in [1.807, 2.05) is 14.1 Å². The first kappa shape index (κ1) is 13.5. The van der Waals surface area contributed by atoms with Gasteiger partial charge in [-0.2, -0.15) is 0 Å². The van der Waals surface area contributed by atoms with Gasteiger partial charge in [-0.1, -0.05) is 20.8 Å². The normalized spacial score (nSPS) is 23.2. The van der Waals surface area contributed by atoms with Gasteiger partial charge in [0.15, 0.2) is 0 Å². The number of piperidine rings is 1. The average Bonchev–Trinajstić information content (AvgIpc) is 2.14. The summed E-state index contributed by atoms with van der Waals surface area (Å²) in [4.78, 5) is 16.1. The van der Waals surface area contributed by atoms with E-state index in [1.165, 1.54) is 0 Å². The van der Waals surface area contributed by atoms with Crippen LogP contribution in [0.1, 0.15) is 33.6 Å². The van der Waals surface area contributed by atoms with Crippen LogP contribution in [0.5, 0.6) is 0 Å². The van der Waals surface area contributed by atoms with Gasteiger partial charge in [0, 0.05) is 27.2 Å². The van der Waals surface area contributed by atoms with Crippen molar-refractivity contribution >= 4 is 5.91 Å². The van der Waals surface area contributed by atoms with Gasteiger partial charge in [0.25, 0.3) is 0 Å². The molecule has 3 heteroatoms. The number of carbonyl (C=O) groups is 1. The molecule has 0 bridgehead atoms. The Morgan fingerprint density at radius 3 is 2.50 bits per heavy atom. The quantitative estimate of drug-likeness (QED) is 0.717. The van der Waals surface area contributed by atoms with Gasteiger partial charge < -0.3 is 9.80 Å². The third kappa shape index (κ3) is 4.12. The van der Waals surface area contributed by atoms with E-state index in [9.17, 15) is 4.79 Å². The zero-order valence-corrected chi connectivity index (χ0v) is 11.4. The Kier molecular flexibility index (Phi) is 4.36. The molecule has 1 aliphatic heterocycles. The Morgan fingerprint density at radius 2 is 2.00 bits per heavy atom. The first-order chi connectivity index (χ1) is 7.29. The van der Waals surface area contributed by atoms with Gasteiger partial charge >= 0.3 is 0 Å². The number of nitrogens with zero attached hydrogens (tertiary/aromatic N) is 2. The largest absolute Gasteiger partial charge is 0.349 e. The van der Waals surface area contributed by atoms with Gasteiger partial charge in [-0.3, -0.25) is 4.79 Å². The van der Waals surface area contributed by atoms with Crippen LogP contribution >= 0.6 is 0 Å². The van der Waals surface area contributed by atoms with E-state index in [4.69, 9.17) is 0 Å². The third-order valence-electron chi connectivity index (χ3n) is 2.99. The highest BCUT2D eigenvalue weighted by Gasteiger charge is 2.28. The van der Waals surface area contributed by atoms with Crippen molar-refractivity contribution < 1.29 is 4.79 Å². The van der Waals surface area contributed by atoms with Crippen LogP contribution in [0.25, 0.3) is 0 Å². The van der Waals surface area contributed by atoms with Crippen molar-refractivity contribution in [2.45, 2.75) is 33.6 Å². The second-order valence-corrected chi connectivity index (χ2v) is 6.37. The molecule has 3 nitrogen and oxygen atoms in total. The lowest BCUT2D eigenvalue weighted by molar-refractivity contribution is -0.134. The molecule has 1 amide bonds. The monoisotopic (exact) mass is 226 g/mol. The molecule has 0 aromatic rings. The number of amides is 1. The maximum atomic E-state index is 11.9. The molecular formula is C13H26N2O. The third-order valence-corrected chi connectivity index (χ3v) is 2.99. The number of rotatable bonds is 2.